The minimum atomic E-state index is -0.466. The van der Waals surface area contributed by atoms with Gasteiger partial charge in [-0.3, -0.25) is 4.79 Å². The summed E-state index contributed by atoms with van der Waals surface area (Å²) in [5, 5.41) is 4.02. The number of fused-ring (bicyclic) bond motifs is 3. The summed E-state index contributed by atoms with van der Waals surface area (Å²) in [6, 6.07) is 13.2. The molecule has 1 radical (unpaired) electrons. The zero-order chi connectivity index (χ0) is 20.5. The fourth-order valence-corrected chi connectivity index (χ4v) is 3.91. The molecule has 2 aliphatic rings. The van der Waals surface area contributed by atoms with Crippen LogP contribution in [0.3, 0.4) is 0 Å². The Balaban J connectivity index is 1.76. The van der Waals surface area contributed by atoms with Gasteiger partial charge in [-0.05, 0) is 61.4 Å². The molecule has 1 aliphatic carbocycles. The van der Waals surface area contributed by atoms with Crippen LogP contribution in [0.25, 0.3) is 5.57 Å². The number of aryl methyl sites for hydroxylation is 1. The summed E-state index contributed by atoms with van der Waals surface area (Å²) in [5.74, 6) is -0.464. The van der Waals surface area contributed by atoms with Crippen molar-refractivity contribution in [3.63, 3.8) is 0 Å². The second-order valence-corrected chi connectivity index (χ2v) is 7.07. The van der Waals surface area contributed by atoms with Gasteiger partial charge >= 0.3 is 5.97 Å². The van der Waals surface area contributed by atoms with Gasteiger partial charge in [0.05, 0.1) is 0 Å². The van der Waals surface area contributed by atoms with Crippen LogP contribution < -0.4 is 4.90 Å². The Labute approximate surface area is 170 Å². The van der Waals surface area contributed by atoms with Gasteiger partial charge in [0.25, 0.3) is 0 Å². The molecule has 0 N–H and O–H groups in total. The maximum atomic E-state index is 13.1. The molecule has 0 aromatic heterocycles. The van der Waals surface area contributed by atoms with Gasteiger partial charge in [0.2, 0.25) is 0 Å². The predicted octanol–water partition coefficient (Wildman–Crippen LogP) is 4.11. The van der Waals surface area contributed by atoms with E-state index in [1.165, 1.54) is 6.92 Å². The van der Waals surface area contributed by atoms with Crippen molar-refractivity contribution in [2.45, 2.75) is 26.8 Å². The number of carbonyl (C=O) groups is 2. The van der Waals surface area contributed by atoms with E-state index in [0.29, 0.717) is 16.8 Å². The lowest BCUT2D eigenvalue weighted by Crippen LogP contribution is -2.38. The van der Waals surface area contributed by atoms with Crippen LogP contribution in [0.1, 0.15) is 40.9 Å². The Morgan fingerprint density at radius 3 is 2.72 bits per heavy atom. The third-order valence-corrected chi connectivity index (χ3v) is 5.25. The maximum Gasteiger partial charge on any atom is 0.331 e. The predicted molar refractivity (Wildman–Crippen MR) is 113 cm³/mol. The topological polar surface area (TPSA) is 59.0 Å². The molecule has 5 nitrogen and oxygen atoms in total. The minimum Gasteiger partial charge on any atom is -0.358 e. The Morgan fingerprint density at radius 2 is 2.00 bits per heavy atom. The van der Waals surface area contributed by atoms with Crippen LogP contribution in [0.2, 0.25) is 0 Å². The first kappa shape index (κ1) is 18.9. The average molecular weight is 385 g/mol. The van der Waals surface area contributed by atoms with Gasteiger partial charge in [-0.25, -0.2) is 4.79 Å². The van der Waals surface area contributed by atoms with Gasteiger partial charge < -0.3 is 9.74 Å². The van der Waals surface area contributed by atoms with E-state index in [0.717, 1.165) is 28.9 Å². The van der Waals surface area contributed by atoms with E-state index in [1.54, 1.807) is 6.08 Å². The van der Waals surface area contributed by atoms with Gasteiger partial charge in [-0.1, -0.05) is 29.4 Å². The van der Waals surface area contributed by atoms with Crippen molar-refractivity contribution in [2.75, 3.05) is 11.4 Å². The molecule has 1 unspecified atom stereocenters. The molecule has 2 aromatic carbocycles. The Bertz CT molecular complexity index is 1100. The molecule has 29 heavy (non-hydrogen) atoms. The molecular weight excluding hydrogens is 364 g/mol. The number of rotatable bonds is 4. The summed E-state index contributed by atoms with van der Waals surface area (Å²) < 4.78 is 0. The summed E-state index contributed by atoms with van der Waals surface area (Å²) in [4.78, 5) is 31.4. The van der Waals surface area contributed by atoms with E-state index in [-0.39, 0.29) is 11.8 Å². The standard InChI is InChI=1S/C24H21N2O3/c1-4-26-22-13-12-17(24(28)18-9-6-5-8-15(18)2)14-20(22)19-10-7-11-21(23(19)26)25-29-16(3)27/h5-6,8-14,23H,4H2,1-3H3. The zero-order valence-electron chi connectivity index (χ0n) is 16.6. The smallest absolute Gasteiger partial charge is 0.331 e. The summed E-state index contributed by atoms with van der Waals surface area (Å²) in [7, 11) is 0. The largest absolute Gasteiger partial charge is 0.358 e. The second-order valence-electron chi connectivity index (χ2n) is 7.07. The fraction of sp³-hybridized carbons (Fsp3) is 0.208. The Hall–Kier alpha value is -3.47. The molecule has 1 atom stereocenters. The zero-order valence-corrected chi connectivity index (χ0v) is 16.6. The molecule has 0 saturated heterocycles. The molecule has 1 heterocycles. The third kappa shape index (κ3) is 3.29. The molecule has 0 saturated carbocycles. The molecule has 5 heteroatoms. The van der Waals surface area contributed by atoms with Crippen LogP contribution in [0.15, 0.2) is 59.8 Å². The van der Waals surface area contributed by atoms with Gasteiger partial charge in [-0.2, -0.15) is 0 Å². The van der Waals surface area contributed by atoms with Crippen LogP contribution in [-0.2, 0) is 9.63 Å². The summed E-state index contributed by atoms with van der Waals surface area (Å²) in [6.45, 7) is 6.07. The first-order valence-electron chi connectivity index (χ1n) is 9.57. The summed E-state index contributed by atoms with van der Waals surface area (Å²) in [5.41, 5.74) is 5.91. The third-order valence-electron chi connectivity index (χ3n) is 5.25. The van der Waals surface area contributed by atoms with Crippen molar-refractivity contribution in [3.8, 4) is 0 Å². The number of nitrogens with zero attached hydrogens (tertiary/aromatic N) is 2. The molecule has 1 aliphatic heterocycles. The van der Waals surface area contributed by atoms with Crippen molar-refractivity contribution in [1.82, 2.24) is 0 Å². The van der Waals surface area contributed by atoms with Crippen molar-refractivity contribution in [1.29, 1.82) is 0 Å². The highest BCUT2D eigenvalue weighted by Gasteiger charge is 2.37. The summed E-state index contributed by atoms with van der Waals surface area (Å²) >= 11 is 0. The van der Waals surface area contributed by atoms with E-state index < -0.39 is 5.97 Å². The highest BCUT2D eigenvalue weighted by Crippen LogP contribution is 2.43. The monoisotopic (exact) mass is 385 g/mol. The van der Waals surface area contributed by atoms with Crippen molar-refractivity contribution >= 4 is 28.7 Å². The molecule has 0 bridgehead atoms. The number of oxime groups is 1. The summed E-state index contributed by atoms with van der Waals surface area (Å²) in [6.07, 6.45) is 6.72. The average Bonchev–Trinajstić information content (AvgIpc) is 3.05. The quantitative estimate of drug-likeness (QED) is 0.451. The van der Waals surface area contributed by atoms with E-state index in [4.69, 9.17) is 4.84 Å². The number of anilines is 1. The van der Waals surface area contributed by atoms with Crippen LogP contribution in [0.5, 0.6) is 0 Å². The van der Waals surface area contributed by atoms with Crippen LogP contribution in [0, 0.1) is 13.0 Å². The van der Waals surface area contributed by atoms with Gasteiger partial charge in [0, 0.05) is 35.8 Å². The number of hydrogen-bond acceptors (Lipinski definition) is 5. The minimum absolute atomic E-state index is 0.00198. The lowest BCUT2D eigenvalue weighted by Gasteiger charge is -2.27. The second kappa shape index (κ2) is 7.51. The van der Waals surface area contributed by atoms with Crippen molar-refractivity contribution < 1.29 is 14.4 Å². The van der Waals surface area contributed by atoms with Gasteiger partial charge in [-0.15, -0.1) is 0 Å². The van der Waals surface area contributed by atoms with E-state index >= 15 is 0 Å². The first-order valence-corrected chi connectivity index (χ1v) is 9.57. The van der Waals surface area contributed by atoms with E-state index in [2.05, 4.69) is 23.1 Å². The molecule has 2 aromatic rings. The number of allylic oxidation sites excluding steroid dienone is 2. The lowest BCUT2D eigenvalue weighted by atomic mass is 9.92. The molecule has 0 fully saturated rings. The normalized spacial score (nSPS) is 18.3. The van der Waals surface area contributed by atoms with Gasteiger partial charge in [0.1, 0.15) is 11.8 Å². The van der Waals surface area contributed by atoms with Crippen molar-refractivity contribution in [3.05, 3.63) is 82.9 Å². The number of benzene rings is 2. The van der Waals surface area contributed by atoms with Crippen molar-refractivity contribution in [2.24, 2.45) is 5.16 Å². The molecule has 145 valence electrons. The Morgan fingerprint density at radius 1 is 1.21 bits per heavy atom. The Kier molecular flexibility index (Phi) is 4.89. The molecular formula is C24H21N2O3. The molecule has 4 rings (SSSR count). The van der Waals surface area contributed by atoms with Gasteiger partial charge in [0.15, 0.2) is 5.78 Å². The lowest BCUT2D eigenvalue weighted by molar-refractivity contribution is -0.140. The number of hydrogen-bond donors (Lipinski definition) is 0. The van der Waals surface area contributed by atoms with Crippen LogP contribution >= 0.6 is 0 Å². The SMILES string of the molecule is CCN1c2ccc(C(=O)c3ccccc3C)cc2C2=C[C]=CC(=NOC(C)=O)C21. The fourth-order valence-electron chi connectivity index (χ4n) is 3.91. The van der Waals surface area contributed by atoms with Crippen LogP contribution in [0.4, 0.5) is 5.69 Å². The first-order chi connectivity index (χ1) is 14.0. The van der Waals surface area contributed by atoms with Crippen LogP contribution in [-0.4, -0.2) is 30.1 Å². The number of likely N-dealkylation sites (N-methyl/N-ethyl adjacent to an activating group) is 1. The maximum absolute atomic E-state index is 13.1. The molecule has 0 spiro atoms. The number of ketones is 1. The van der Waals surface area contributed by atoms with E-state index in [9.17, 15) is 9.59 Å². The highest BCUT2D eigenvalue weighted by molar-refractivity contribution is 6.16. The molecule has 0 amide bonds. The highest BCUT2D eigenvalue weighted by atomic mass is 16.7. The van der Waals surface area contributed by atoms with E-state index in [1.807, 2.05) is 55.5 Å². The number of carbonyl (C=O) groups excluding carboxylic acids is 2.